The van der Waals surface area contributed by atoms with Gasteiger partial charge in [-0.25, -0.2) is 14.2 Å². The monoisotopic (exact) mass is 191 g/mol. The van der Waals surface area contributed by atoms with Gasteiger partial charge in [-0.15, -0.1) is 0 Å². The standard InChI is InChI=1S/C5H4ClN.C2H3FO2/c6-5-3-1-2-4-7-5;3-1-2(4)5/h1-4H;1H2,(H,4,5). The van der Waals surface area contributed by atoms with Crippen molar-refractivity contribution in [2.75, 3.05) is 6.67 Å². The van der Waals surface area contributed by atoms with E-state index in [4.69, 9.17) is 21.5 Å². The van der Waals surface area contributed by atoms with Crippen molar-refractivity contribution in [3.8, 4) is 0 Å². The van der Waals surface area contributed by atoms with Gasteiger partial charge in [-0.05, 0) is 12.1 Å². The highest BCUT2D eigenvalue weighted by atomic mass is 35.5. The molecule has 0 aromatic carbocycles. The molecule has 0 unspecified atom stereocenters. The number of pyridine rings is 1. The van der Waals surface area contributed by atoms with Gasteiger partial charge in [0.1, 0.15) is 5.15 Å². The lowest BCUT2D eigenvalue weighted by Crippen LogP contribution is -1.93. The molecule has 0 saturated heterocycles. The molecule has 3 nitrogen and oxygen atoms in total. The molecule has 1 aromatic rings. The summed E-state index contributed by atoms with van der Waals surface area (Å²) in [6.45, 7) is -1.28. The molecule has 1 rings (SSSR count). The highest BCUT2D eigenvalue weighted by molar-refractivity contribution is 6.29. The van der Waals surface area contributed by atoms with Crippen molar-refractivity contribution in [1.29, 1.82) is 0 Å². The molecular formula is C7H7ClFNO2. The van der Waals surface area contributed by atoms with E-state index in [9.17, 15) is 4.39 Å². The predicted molar refractivity (Wildman–Crippen MR) is 42.9 cm³/mol. The number of aromatic nitrogens is 1. The largest absolute Gasteiger partial charge is 0.479 e. The van der Waals surface area contributed by atoms with Crippen molar-refractivity contribution < 1.29 is 14.3 Å². The van der Waals surface area contributed by atoms with Gasteiger partial charge in [0, 0.05) is 6.20 Å². The number of rotatable bonds is 1. The van der Waals surface area contributed by atoms with Crippen molar-refractivity contribution in [2.45, 2.75) is 0 Å². The summed E-state index contributed by atoms with van der Waals surface area (Å²) < 4.78 is 10.5. The minimum atomic E-state index is -1.41. The third-order valence-corrected chi connectivity index (χ3v) is 0.967. The fraction of sp³-hybridized carbons (Fsp3) is 0.143. The van der Waals surface area contributed by atoms with E-state index in [2.05, 4.69) is 4.98 Å². The highest BCUT2D eigenvalue weighted by Gasteiger charge is 1.85. The highest BCUT2D eigenvalue weighted by Crippen LogP contribution is 1.98. The Morgan fingerprint density at radius 3 is 2.42 bits per heavy atom. The molecule has 1 aromatic heterocycles. The summed E-state index contributed by atoms with van der Waals surface area (Å²) in [6.07, 6.45) is 1.66. The lowest BCUT2D eigenvalue weighted by atomic mass is 10.5. The van der Waals surface area contributed by atoms with Gasteiger partial charge in [-0.3, -0.25) is 0 Å². The van der Waals surface area contributed by atoms with E-state index in [1.165, 1.54) is 0 Å². The van der Waals surface area contributed by atoms with Crippen LogP contribution >= 0.6 is 11.6 Å². The Labute approximate surface area is 73.8 Å². The zero-order valence-corrected chi connectivity index (χ0v) is 6.83. The Balaban J connectivity index is 0.000000217. The number of hydrogen-bond donors (Lipinski definition) is 1. The van der Waals surface area contributed by atoms with E-state index in [0.29, 0.717) is 5.15 Å². The van der Waals surface area contributed by atoms with E-state index in [0.717, 1.165) is 0 Å². The van der Waals surface area contributed by atoms with Crippen molar-refractivity contribution >= 4 is 17.6 Å². The second-order valence-corrected chi connectivity index (χ2v) is 2.07. The first-order chi connectivity index (χ1) is 5.66. The van der Waals surface area contributed by atoms with E-state index < -0.39 is 12.6 Å². The number of carboxylic acid groups (broad SMARTS) is 1. The van der Waals surface area contributed by atoms with E-state index >= 15 is 0 Å². The zero-order chi connectivity index (χ0) is 9.40. The number of halogens is 2. The maximum atomic E-state index is 10.5. The molecule has 0 saturated carbocycles. The molecule has 0 amide bonds. The first-order valence-corrected chi connectivity index (χ1v) is 3.39. The van der Waals surface area contributed by atoms with Crippen molar-refractivity contribution in [3.05, 3.63) is 29.5 Å². The maximum Gasteiger partial charge on any atom is 0.335 e. The Morgan fingerprint density at radius 1 is 1.67 bits per heavy atom. The van der Waals surface area contributed by atoms with Gasteiger partial charge in [0.25, 0.3) is 0 Å². The molecule has 0 atom stereocenters. The lowest BCUT2D eigenvalue weighted by Gasteiger charge is -1.79. The second kappa shape index (κ2) is 6.54. The normalized spacial score (nSPS) is 8.17. The first kappa shape index (κ1) is 10.8. The smallest absolute Gasteiger partial charge is 0.335 e. The second-order valence-electron chi connectivity index (χ2n) is 1.68. The summed E-state index contributed by atoms with van der Waals surface area (Å²) >= 11 is 5.43. The van der Waals surface area contributed by atoms with Gasteiger partial charge < -0.3 is 5.11 Å². The number of carboxylic acids is 1. The summed E-state index contributed by atoms with van der Waals surface area (Å²) in [5, 5.41) is 7.89. The third-order valence-electron chi connectivity index (χ3n) is 0.743. The third kappa shape index (κ3) is 6.95. The van der Waals surface area contributed by atoms with Gasteiger partial charge in [0.2, 0.25) is 0 Å². The van der Waals surface area contributed by atoms with Crippen LogP contribution in [0, 0.1) is 0 Å². The van der Waals surface area contributed by atoms with Gasteiger partial charge in [-0.1, -0.05) is 17.7 Å². The number of hydrogen-bond acceptors (Lipinski definition) is 2. The van der Waals surface area contributed by atoms with Gasteiger partial charge >= 0.3 is 5.97 Å². The number of alkyl halides is 1. The molecule has 0 fully saturated rings. The van der Waals surface area contributed by atoms with Crippen LogP contribution in [0.25, 0.3) is 0 Å². The average molecular weight is 192 g/mol. The topological polar surface area (TPSA) is 50.2 Å². The summed E-state index contributed by atoms with van der Waals surface area (Å²) in [6, 6.07) is 5.41. The van der Waals surface area contributed by atoms with Crippen molar-refractivity contribution in [1.82, 2.24) is 4.98 Å². The number of aliphatic carboxylic acids is 1. The van der Waals surface area contributed by atoms with Gasteiger partial charge in [0.05, 0.1) is 0 Å². The predicted octanol–water partition coefficient (Wildman–Crippen LogP) is 1.78. The molecule has 1 N–H and O–H groups in total. The Morgan fingerprint density at radius 2 is 2.25 bits per heavy atom. The van der Waals surface area contributed by atoms with Crippen LogP contribution in [0.4, 0.5) is 4.39 Å². The summed E-state index contributed by atoms with van der Waals surface area (Å²) in [5.41, 5.74) is 0. The molecule has 0 bridgehead atoms. The van der Waals surface area contributed by atoms with Crippen LogP contribution in [-0.4, -0.2) is 22.7 Å². The molecule has 0 spiro atoms. The molecule has 0 radical (unpaired) electrons. The maximum absolute atomic E-state index is 10.5. The SMILES string of the molecule is Clc1ccccn1.O=C(O)CF. The van der Waals surface area contributed by atoms with Crippen LogP contribution < -0.4 is 0 Å². The number of carbonyl (C=O) groups is 1. The fourth-order valence-corrected chi connectivity index (χ4v) is 0.471. The Bertz CT molecular complexity index is 230. The minimum Gasteiger partial charge on any atom is -0.479 e. The minimum absolute atomic E-state index is 0.544. The molecule has 5 heteroatoms. The van der Waals surface area contributed by atoms with E-state index in [1.54, 1.807) is 12.3 Å². The van der Waals surface area contributed by atoms with Crippen molar-refractivity contribution in [2.24, 2.45) is 0 Å². The van der Waals surface area contributed by atoms with Crippen LogP contribution in [0.2, 0.25) is 5.15 Å². The molecule has 12 heavy (non-hydrogen) atoms. The fourth-order valence-electron chi connectivity index (χ4n) is 0.342. The van der Waals surface area contributed by atoms with E-state index in [-0.39, 0.29) is 0 Å². The lowest BCUT2D eigenvalue weighted by molar-refractivity contribution is -0.137. The van der Waals surface area contributed by atoms with E-state index in [1.807, 2.05) is 12.1 Å². The van der Waals surface area contributed by atoms with Crippen LogP contribution in [0.15, 0.2) is 24.4 Å². The summed E-state index contributed by atoms with van der Waals surface area (Å²) in [4.78, 5) is 12.7. The Hall–Kier alpha value is -1.16. The average Bonchev–Trinajstić information content (AvgIpc) is 2.07. The summed E-state index contributed by atoms with van der Waals surface area (Å²) in [5.74, 6) is -1.41. The molecule has 0 aliphatic rings. The molecule has 66 valence electrons. The first-order valence-electron chi connectivity index (χ1n) is 3.01. The molecule has 0 aliphatic heterocycles. The zero-order valence-electron chi connectivity index (χ0n) is 6.08. The van der Waals surface area contributed by atoms with Crippen LogP contribution in [0.1, 0.15) is 0 Å². The molecule has 0 aliphatic carbocycles. The van der Waals surface area contributed by atoms with Gasteiger partial charge in [0.15, 0.2) is 6.67 Å². The van der Waals surface area contributed by atoms with Crippen LogP contribution in [0.3, 0.4) is 0 Å². The van der Waals surface area contributed by atoms with Gasteiger partial charge in [-0.2, -0.15) is 0 Å². The Kier molecular flexibility index (Phi) is 5.91. The number of nitrogens with zero attached hydrogens (tertiary/aromatic N) is 1. The molecular weight excluding hydrogens is 185 g/mol. The van der Waals surface area contributed by atoms with Crippen LogP contribution in [0.5, 0.6) is 0 Å². The molecule has 1 heterocycles. The summed E-state index contributed by atoms with van der Waals surface area (Å²) in [7, 11) is 0. The van der Waals surface area contributed by atoms with Crippen LogP contribution in [-0.2, 0) is 4.79 Å². The van der Waals surface area contributed by atoms with Crippen molar-refractivity contribution in [3.63, 3.8) is 0 Å². The quantitative estimate of drug-likeness (QED) is 0.689.